The minimum absolute atomic E-state index is 0.180. The lowest BCUT2D eigenvalue weighted by atomic mass is 9.86. The molecule has 2 saturated heterocycles. The Bertz CT molecular complexity index is 541. The maximum Gasteiger partial charge on any atom is 0.241 e. The predicted molar refractivity (Wildman–Crippen MR) is 85.7 cm³/mol. The highest BCUT2D eigenvalue weighted by Crippen LogP contribution is 2.30. The van der Waals surface area contributed by atoms with Gasteiger partial charge in [-0.2, -0.15) is 0 Å². The molecule has 2 aliphatic heterocycles. The third-order valence-corrected chi connectivity index (χ3v) is 5.01. The molecule has 0 aromatic heterocycles. The van der Waals surface area contributed by atoms with Gasteiger partial charge in [0.05, 0.1) is 13.3 Å². The average molecular weight is 321 g/mol. The Hall–Kier alpha value is -1.66. The number of likely N-dealkylation sites (N-methyl/N-ethyl adjacent to an activating group) is 1. The zero-order valence-electron chi connectivity index (χ0n) is 13.6. The second-order valence-electron chi connectivity index (χ2n) is 6.39. The topological polar surface area (TPSA) is 44.8 Å². The number of carbonyl (C=O) groups is 1. The molecule has 1 amide bonds. The molecule has 0 aliphatic carbocycles. The van der Waals surface area contributed by atoms with E-state index in [4.69, 9.17) is 4.74 Å². The molecular formula is C17H24FN3O2. The normalized spacial score (nSPS) is 21.6. The van der Waals surface area contributed by atoms with Gasteiger partial charge in [0.1, 0.15) is 17.1 Å². The molecule has 23 heavy (non-hydrogen) atoms. The van der Waals surface area contributed by atoms with Crippen molar-refractivity contribution in [3.8, 4) is 5.75 Å². The van der Waals surface area contributed by atoms with Crippen LogP contribution >= 0.6 is 0 Å². The van der Waals surface area contributed by atoms with E-state index in [1.165, 1.54) is 12.1 Å². The van der Waals surface area contributed by atoms with Crippen LogP contribution in [0.2, 0.25) is 0 Å². The molecule has 1 N–H and O–H groups in total. The first-order chi connectivity index (χ1) is 11.1. The van der Waals surface area contributed by atoms with Crippen molar-refractivity contribution in [2.24, 2.45) is 0 Å². The lowest BCUT2D eigenvalue weighted by Gasteiger charge is -2.41. The summed E-state index contributed by atoms with van der Waals surface area (Å²) in [5, 5.41) is 2.94. The third-order valence-electron chi connectivity index (χ3n) is 5.01. The number of amides is 1. The summed E-state index contributed by atoms with van der Waals surface area (Å²) >= 11 is 0. The van der Waals surface area contributed by atoms with Crippen molar-refractivity contribution in [3.05, 3.63) is 30.1 Å². The van der Waals surface area contributed by atoms with Gasteiger partial charge in [-0.3, -0.25) is 9.69 Å². The van der Waals surface area contributed by atoms with Gasteiger partial charge >= 0.3 is 0 Å². The zero-order chi connectivity index (χ0) is 16.3. The van der Waals surface area contributed by atoms with Crippen LogP contribution in [0.3, 0.4) is 0 Å². The molecule has 2 fully saturated rings. The van der Waals surface area contributed by atoms with Crippen molar-refractivity contribution in [1.82, 2.24) is 15.1 Å². The van der Waals surface area contributed by atoms with Crippen molar-refractivity contribution in [1.29, 1.82) is 0 Å². The number of nitrogens with one attached hydrogen (secondary N) is 1. The number of ether oxygens (including phenoxy) is 1. The Balaban J connectivity index is 1.38. The van der Waals surface area contributed by atoms with Crippen LogP contribution in [0.15, 0.2) is 24.3 Å². The molecule has 0 bridgehead atoms. The van der Waals surface area contributed by atoms with Crippen LogP contribution in [0.5, 0.6) is 5.75 Å². The number of benzene rings is 1. The van der Waals surface area contributed by atoms with Gasteiger partial charge in [-0.1, -0.05) is 0 Å². The third kappa shape index (κ3) is 3.48. The molecule has 126 valence electrons. The molecule has 0 radical (unpaired) electrons. The van der Waals surface area contributed by atoms with Crippen molar-refractivity contribution >= 4 is 5.91 Å². The van der Waals surface area contributed by atoms with Gasteiger partial charge in [0, 0.05) is 19.6 Å². The van der Waals surface area contributed by atoms with Crippen LogP contribution in [0.1, 0.15) is 19.3 Å². The number of likely N-dealkylation sites (tertiary alicyclic amines) is 1. The number of rotatable bonds is 5. The minimum Gasteiger partial charge on any atom is -0.494 e. The molecule has 1 aromatic carbocycles. The van der Waals surface area contributed by atoms with Crippen LogP contribution in [-0.4, -0.2) is 61.2 Å². The molecule has 0 atom stereocenters. The van der Waals surface area contributed by atoms with E-state index in [0.29, 0.717) is 19.0 Å². The number of hydrogen-bond acceptors (Lipinski definition) is 4. The second-order valence-corrected chi connectivity index (χ2v) is 6.39. The van der Waals surface area contributed by atoms with E-state index < -0.39 is 0 Å². The molecule has 2 aliphatic rings. The zero-order valence-corrected chi connectivity index (χ0v) is 13.6. The first kappa shape index (κ1) is 16.2. The molecule has 3 rings (SSSR count). The van der Waals surface area contributed by atoms with Gasteiger partial charge in [-0.05, 0) is 50.6 Å². The van der Waals surface area contributed by atoms with E-state index in [0.717, 1.165) is 38.9 Å². The van der Waals surface area contributed by atoms with Gasteiger partial charge in [0.2, 0.25) is 5.91 Å². The first-order valence-electron chi connectivity index (χ1n) is 8.20. The summed E-state index contributed by atoms with van der Waals surface area (Å²) in [5.74, 6) is 0.632. The lowest BCUT2D eigenvalue weighted by molar-refractivity contribution is -0.128. The molecule has 0 saturated carbocycles. The fourth-order valence-electron chi connectivity index (χ4n) is 3.44. The Kier molecular flexibility index (Phi) is 4.82. The molecule has 1 aromatic rings. The number of nitrogens with zero attached hydrogens (tertiary/aromatic N) is 2. The SMILES string of the molecule is CN1CNC(=O)C12CCN(CCCOc1ccc(F)cc1)CC2. The van der Waals surface area contributed by atoms with Crippen molar-refractivity contribution in [3.63, 3.8) is 0 Å². The van der Waals surface area contributed by atoms with Gasteiger partial charge in [0.15, 0.2) is 0 Å². The highest BCUT2D eigenvalue weighted by Gasteiger charge is 2.48. The summed E-state index contributed by atoms with van der Waals surface area (Å²) < 4.78 is 18.4. The Morgan fingerprint density at radius 1 is 1.26 bits per heavy atom. The summed E-state index contributed by atoms with van der Waals surface area (Å²) in [6, 6.07) is 6.11. The summed E-state index contributed by atoms with van der Waals surface area (Å²) in [7, 11) is 2.02. The van der Waals surface area contributed by atoms with Crippen LogP contribution < -0.4 is 10.1 Å². The largest absolute Gasteiger partial charge is 0.494 e. The van der Waals surface area contributed by atoms with Crippen molar-refractivity contribution in [2.75, 3.05) is 40.0 Å². The molecule has 1 spiro atoms. The number of piperidine rings is 1. The van der Waals surface area contributed by atoms with Gasteiger partial charge in [-0.15, -0.1) is 0 Å². The Morgan fingerprint density at radius 3 is 2.57 bits per heavy atom. The predicted octanol–water partition coefficient (Wildman–Crippen LogP) is 1.45. The summed E-state index contributed by atoms with van der Waals surface area (Å²) in [6.45, 7) is 4.11. The van der Waals surface area contributed by atoms with Gasteiger partial charge < -0.3 is 15.0 Å². The fraction of sp³-hybridized carbons (Fsp3) is 0.588. The maximum absolute atomic E-state index is 12.8. The molecule has 0 unspecified atom stereocenters. The highest BCUT2D eigenvalue weighted by atomic mass is 19.1. The minimum atomic E-state index is -0.291. The standard InChI is InChI=1S/C17H24FN3O2/c1-20-13-19-16(22)17(20)7-10-21(11-8-17)9-2-12-23-15-5-3-14(18)4-6-15/h3-6H,2,7-13H2,1H3,(H,19,22). The monoisotopic (exact) mass is 321 g/mol. The number of carbonyl (C=O) groups excluding carboxylic acids is 1. The Morgan fingerprint density at radius 2 is 1.96 bits per heavy atom. The fourth-order valence-corrected chi connectivity index (χ4v) is 3.44. The average Bonchev–Trinajstić information content (AvgIpc) is 2.83. The van der Waals surface area contributed by atoms with Crippen LogP contribution in [0, 0.1) is 5.82 Å². The smallest absolute Gasteiger partial charge is 0.241 e. The van der Waals surface area contributed by atoms with E-state index in [-0.39, 0.29) is 17.3 Å². The van der Waals surface area contributed by atoms with Crippen LogP contribution in [0.4, 0.5) is 4.39 Å². The summed E-state index contributed by atoms with van der Waals surface area (Å²) in [4.78, 5) is 16.6. The first-order valence-corrected chi connectivity index (χ1v) is 8.20. The molecule has 5 nitrogen and oxygen atoms in total. The van der Waals surface area contributed by atoms with Crippen LogP contribution in [0.25, 0.3) is 0 Å². The molecular weight excluding hydrogens is 297 g/mol. The van der Waals surface area contributed by atoms with E-state index in [2.05, 4.69) is 15.1 Å². The van der Waals surface area contributed by atoms with E-state index >= 15 is 0 Å². The maximum atomic E-state index is 12.8. The van der Waals surface area contributed by atoms with E-state index in [9.17, 15) is 9.18 Å². The van der Waals surface area contributed by atoms with E-state index in [1.54, 1.807) is 12.1 Å². The van der Waals surface area contributed by atoms with Crippen molar-refractivity contribution in [2.45, 2.75) is 24.8 Å². The second kappa shape index (κ2) is 6.84. The number of halogens is 1. The van der Waals surface area contributed by atoms with Crippen molar-refractivity contribution < 1.29 is 13.9 Å². The number of hydrogen-bond donors (Lipinski definition) is 1. The van der Waals surface area contributed by atoms with E-state index in [1.807, 2.05) is 7.05 Å². The van der Waals surface area contributed by atoms with Gasteiger partial charge in [0.25, 0.3) is 0 Å². The Labute approximate surface area is 136 Å². The van der Waals surface area contributed by atoms with Crippen LogP contribution in [-0.2, 0) is 4.79 Å². The molecule has 2 heterocycles. The quantitative estimate of drug-likeness (QED) is 0.834. The highest BCUT2D eigenvalue weighted by molar-refractivity contribution is 5.88. The van der Waals surface area contributed by atoms with Gasteiger partial charge in [-0.25, -0.2) is 4.39 Å². The lowest BCUT2D eigenvalue weighted by Crippen LogP contribution is -2.55. The summed E-state index contributed by atoms with van der Waals surface area (Å²) in [6.07, 6.45) is 2.69. The molecule has 6 heteroatoms. The summed E-state index contributed by atoms with van der Waals surface area (Å²) in [5.41, 5.74) is -0.291.